The van der Waals surface area contributed by atoms with E-state index in [0.29, 0.717) is 10.0 Å². The predicted molar refractivity (Wildman–Crippen MR) is 249 cm³/mol. The molecule has 0 aliphatic rings. The Kier molecular flexibility index (Phi) is 17.2. The molecule has 0 radical (unpaired) electrons. The van der Waals surface area contributed by atoms with Crippen molar-refractivity contribution in [3.63, 3.8) is 0 Å². The van der Waals surface area contributed by atoms with Gasteiger partial charge in [0.2, 0.25) is 12.1 Å². The van der Waals surface area contributed by atoms with Crippen molar-refractivity contribution < 1.29 is 33.5 Å². The minimum absolute atomic E-state index is 0.00190. The van der Waals surface area contributed by atoms with E-state index in [1.165, 1.54) is 97.9 Å². The fraction of sp³-hybridized carbons (Fsp3) is 0.143. The molecule has 0 bridgehead atoms. The minimum atomic E-state index is -1.67. The molecule has 0 saturated heterocycles. The molecule has 0 aromatic heterocycles. The molecule has 0 aliphatic heterocycles. The number of ether oxygens (including phenoxy) is 1. The zero-order chi connectivity index (χ0) is 46.8. The highest BCUT2D eigenvalue weighted by Crippen LogP contribution is 2.33. The lowest BCUT2D eigenvalue weighted by Crippen LogP contribution is -2.32. The Morgan fingerprint density at radius 1 is 0.516 bits per heavy atom. The van der Waals surface area contributed by atoms with Gasteiger partial charge >= 0.3 is 0 Å². The number of alkyl halides is 1. The molecular formula is C42H31Cl7N8O7. The fourth-order valence-corrected chi connectivity index (χ4v) is 6.75. The molecule has 0 spiro atoms. The van der Waals surface area contributed by atoms with Crippen LogP contribution in [0.4, 0.5) is 34.1 Å². The van der Waals surface area contributed by atoms with Crippen molar-refractivity contribution in [1.82, 2.24) is 0 Å². The number of halogens is 7. The molecule has 22 heteroatoms. The van der Waals surface area contributed by atoms with E-state index in [9.17, 15) is 28.8 Å². The van der Waals surface area contributed by atoms with Gasteiger partial charge in [-0.05, 0) is 106 Å². The number of carbonyl (C=O) groups excluding carboxylic acids is 6. The number of Topliss-reactive ketones (excluding diaryl/α,β-unsaturated/α-hetero) is 2. The summed E-state index contributed by atoms with van der Waals surface area (Å²) in [7, 11) is 0. The van der Waals surface area contributed by atoms with Gasteiger partial charge in [-0.2, -0.15) is 20.5 Å². The number of amides is 4. The lowest BCUT2D eigenvalue weighted by molar-refractivity contribution is -0.127. The Hall–Kier alpha value is -5.65. The average molecular weight is 1010 g/mol. The van der Waals surface area contributed by atoms with E-state index in [1.54, 1.807) is 0 Å². The highest BCUT2D eigenvalue weighted by molar-refractivity contribution is 6.39. The zero-order valence-electron chi connectivity index (χ0n) is 33.2. The van der Waals surface area contributed by atoms with Crippen molar-refractivity contribution in [3.8, 4) is 5.75 Å². The van der Waals surface area contributed by atoms with Gasteiger partial charge in [-0.1, -0.05) is 81.2 Å². The van der Waals surface area contributed by atoms with E-state index in [0.717, 1.165) is 13.8 Å². The minimum Gasteiger partial charge on any atom is -0.473 e. The van der Waals surface area contributed by atoms with Crippen LogP contribution in [0.15, 0.2) is 111 Å². The number of ketones is 2. The SMILES string of the molecule is CC(=O)C(N=Nc1ccc(Cl)c(C(=O)Nc2ccc(Cl)cc2Cl)c1)C(=O)Nc1ccc(NC(=O)C(N=Nc2ccc(Cl)c(C(=O)Nc3ccc(Cl)cc3Cl)c2)C(C)=O)c(OC(C)Cl)c1. The lowest BCUT2D eigenvalue weighted by atomic mass is 10.1. The number of hydrogen-bond donors (Lipinski definition) is 4. The summed E-state index contributed by atoms with van der Waals surface area (Å²) in [6.07, 6.45) is 0. The third-order valence-electron chi connectivity index (χ3n) is 8.39. The molecule has 5 rings (SSSR count). The van der Waals surface area contributed by atoms with Crippen molar-refractivity contribution >= 4 is 151 Å². The summed E-state index contributed by atoms with van der Waals surface area (Å²) in [6.45, 7) is 3.74. The second-order valence-corrected chi connectivity index (χ2v) is 16.4. The number of azo groups is 2. The largest absolute Gasteiger partial charge is 0.473 e. The summed E-state index contributed by atoms with van der Waals surface area (Å²) >= 11 is 42.9. The van der Waals surface area contributed by atoms with Crippen LogP contribution in [0.25, 0.3) is 0 Å². The molecule has 0 saturated carbocycles. The van der Waals surface area contributed by atoms with Gasteiger partial charge in [0.1, 0.15) is 5.75 Å². The first-order valence-electron chi connectivity index (χ1n) is 18.3. The maximum absolute atomic E-state index is 13.5. The number of nitrogens with one attached hydrogen (secondary N) is 4. The normalized spacial score (nSPS) is 12.6. The highest BCUT2D eigenvalue weighted by atomic mass is 35.5. The van der Waals surface area contributed by atoms with Crippen molar-refractivity contribution in [2.24, 2.45) is 20.5 Å². The Morgan fingerprint density at radius 2 is 0.953 bits per heavy atom. The summed E-state index contributed by atoms with van der Waals surface area (Å²) in [5.41, 5.74) is -0.130. The van der Waals surface area contributed by atoms with E-state index in [4.69, 9.17) is 85.9 Å². The van der Waals surface area contributed by atoms with Crippen LogP contribution < -0.4 is 26.0 Å². The van der Waals surface area contributed by atoms with Crippen LogP contribution >= 0.6 is 81.2 Å². The molecule has 4 N–H and O–H groups in total. The monoisotopic (exact) mass is 1000 g/mol. The van der Waals surface area contributed by atoms with E-state index >= 15 is 0 Å². The van der Waals surface area contributed by atoms with E-state index in [-0.39, 0.29) is 71.1 Å². The Labute approximate surface area is 399 Å². The lowest BCUT2D eigenvalue weighted by Gasteiger charge is -2.17. The molecule has 64 heavy (non-hydrogen) atoms. The summed E-state index contributed by atoms with van der Waals surface area (Å²) in [6, 6.07) is 17.9. The second kappa shape index (κ2) is 22.3. The second-order valence-electron chi connectivity index (χ2n) is 13.3. The molecule has 3 atom stereocenters. The summed E-state index contributed by atoms with van der Waals surface area (Å²) in [4.78, 5) is 78.1. The van der Waals surface area contributed by atoms with Crippen molar-refractivity contribution in [1.29, 1.82) is 0 Å². The Morgan fingerprint density at radius 3 is 1.38 bits per heavy atom. The zero-order valence-corrected chi connectivity index (χ0v) is 38.5. The van der Waals surface area contributed by atoms with Gasteiger partial charge in [0.25, 0.3) is 23.6 Å². The molecule has 15 nitrogen and oxygen atoms in total. The van der Waals surface area contributed by atoms with Gasteiger partial charge in [-0.15, -0.1) is 0 Å². The molecule has 0 aliphatic carbocycles. The molecule has 3 unspecified atom stereocenters. The van der Waals surface area contributed by atoms with Gasteiger partial charge in [0, 0.05) is 21.8 Å². The average Bonchev–Trinajstić information content (AvgIpc) is 3.21. The van der Waals surface area contributed by atoms with Crippen LogP contribution in [0.3, 0.4) is 0 Å². The van der Waals surface area contributed by atoms with Crippen molar-refractivity contribution in [3.05, 3.63) is 132 Å². The standard InChI is InChI=1S/C42H31Cl7N8O7/c1-19(58)37(56-54-25-6-9-29(46)27(16-25)39(60)51-33-11-4-22(44)14-31(33)48)41(62)50-24-8-13-35(36(18-24)64-21(3)43)53-42(63)38(20(2)59)57-55-26-7-10-30(47)28(17-26)40(61)52-34-12-5-23(45)15-32(34)49/h4-18,21,37-38H,1-3H3,(H,50,62)(H,51,60)(H,52,61)(H,53,63). The van der Waals surface area contributed by atoms with E-state index < -0.39 is 52.8 Å². The molecule has 0 heterocycles. The number of nitrogens with zero attached hydrogens (tertiary/aromatic N) is 4. The fourth-order valence-electron chi connectivity index (χ4n) is 5.33. The topological polar surface area (TPSA) is 209 Å². The van der Waals surface area contributed by atoms with Crippen LogP contribution in [-0.2, 0) is 19.2 Å². The third-order valence-corrected chi connectivity index (χ3v) is 10.2. The smallest absolute Gasteiger partial charge is 0.258 e. The van der Waals surface area contributed by atoms with Gasteiger partial charge in [0.15, 0.2) is 17.1 Å². The molecular weight excluding hydrogens is 977 g/mol. The van der Waals surface area contributed by atoms with Crippen LogP contribution in [0.1, 0.15) is 41.5 Å². The predicted octanol–water partition coefficient (Wildman–Crippen LogP) is 12.4. The van der Waals surface area contributed by atoms with Crippen molar-refractivity contribution in [2.45, 2.75) is 38.4 Å². The number of carbonyl (C=O) groups is 6. The molecule has 5 aromatic carbocycles. The van der Waals surface area contributed by atoms with Gasteiger partial charge < -0.3 is 26.0 Å². The number of rotatable bonds is 16. The van der Waals surface area contributed by atoms with Crippen LogP contribution in [0, 0.1) is 0 Å². The first-order chi connectivity index (χ1) is 30.3. The van der Waals surface area contributed by atoms with Crippen LogP contribution in [0.5, 0.6) is 5.75 Å². The number of hydrogen-bond acceptors (Lipinski definition) is 11. The first kappa shape index (κ1) is 49.4. The van der Waals surface area contributed by atoms with Crippen LogP contribution in [0.2, 0.25) is 30.1 Å². The number of anilines is 4. The molecule has 5 aromatic rings. The van der Waals surface area contributed by atoms with Gasteiger partial charge in [-0.25, -0.2) is 0 Å². The van der Waals surface area contributed by atoms with E-state index in [1.807, 2.05) is 0 Å². The molecule has 4 amide bonds. The summed E-state index contributed by atoms with van der Waals surface area (Å²) < 4.78 is 5.67. The summed E-state index contributed by atoms with van der Waals surface area (Å²) in [5, 5.41) is 27.5. The maximum Gasteiger partial charge on any atom is 0.258 e. The Balaban J connectivity index is 1.29. The molecule has 0 fully saturated rings. The third kappa shape index (κ3) is 13.4. The number of benzene rings is 5. The maximum atomic E-state index is 13.5. The van der Waals surface area contributed by atoms with Gasteiger partial charge in [-0.3, -0.25) is 28.8 Å². The quantitative estimate of drug-likeness (QED) is 0.0426. The first-order valence-corrected chi connectivity index (χ1v) is 21.0. The van der Waals surface area contributed by atoms with Gasteiger partial charge in [0.05, 0.1) is 59.7 Å². The highest BCUT2D eigenvalue weighted by Gasteiger charge is 2.27. The van der Waals surface area contributed by atoms with Crippen LogP contribution in [-0.4, -0.2) is 52.8 Å². The Bertz CT molecular complexity index is 2740. The van der Waals surface area contributed by atoms with Crippen molar-refractivity contribution in [2.75, 3.05) is 21.3 Å². The molecule has 330 valence electrons. The summed E-state index contributed by atoms with van der Waals surface area (Å²) in [5.74, 6) is -4.48. The van der Waals surface area contributed by atoms with E-state index in [2.05, 4.69) is 41.7 Å².